The van der Waals surface area contributed by atoms with Crippen LogP contribution in [0.25, 0.3) is 0 Å². The summed E-state index contributed by atoms with van der Waals surface area (Å²) in [4.78, 5) is 20.4. The summed E-state index contributed by atoms with van der Waals surface area (Å²) in [6.45, 7) is 0. The Kier molecular flexibility index (Phi) is 4.81. The lowest BCUT2D eigenvalue weighted by Gasteiger charge is -1.88. The summed E-state index contributed by atoms with van der Waals surface area (Å²) in [6.07, 6.45) is 3.07. The average molecular weight is 158 g/mol. The van der Waals surface area contributed by atoms with Gasteiger partial charge in [-0.2, -0.15) is 0 Å². The molecule has 0 aromatic carbocycles. The van der Waals surface area contributed by atoms with Gasteiger partial charge in [0.25, 0.3) is 0 Å². The molecule has 0 aliphatic heterocycles. The van der Waals surface area contributed by atoms with E-state index in [1.54, 1.807) is 0 Å². The highest BCUT2D eigenvalue weighted by molar-refractivity contribution is 5.81. The second-order valence-corrected chi connectivity index (χ2v) is 1.86. The van der Waals surface area contributed by atoms with Gasteiger partial charge in [-0.25, -0.2) is 4.79 Å². The minimum absolute atomic E-state index is 0.0352. The number of carboxylic acid groups (broad SMARTS) is 1. The van der Waals surface area contributed by atoms with E-state index < -0.39 is 11.9 Å². The molecule has 0 saturated heterocycles. The zero-order valence-corrected chi connectivity index (χ0v) is 6.24. The van der Waals surface area contributed by atoms with Crippen LogP contribution in [0.15, 0.2) is 12.2 Å². The van der Waals surface area contributed by atoms with Crippen molar-refractivity contribution in [2.45, 2.75) is 12.8 Å². The van der Waals surface area contributed by atoms with Gasteiger partial charge in [-0.15, -0.1) is 0 Å². The van der Waals surface area contributed by atoms with Gasteiger partial charge in [-0.05, 0) is 6.42 Å². The van der Waals surface area contributed by atoms with Crippen LogP contribution >= 0.6 is 0 Å². The van der Waals surface area contributed by atoms with Crippen LogP contribution in [0.3, 0.4) is 0 Å². The Hall–Kier alpha value is -1.32. The van der Waals surface area contributed by atoms with Crippen LogP contribution in [0.4, 0.5) is 0 Å². The SMILES string of the molecule is COC(=O)/C=C/CCC(=O)O. The maximum absolute atomic E-state index is 10.4. The van der Waals surface area contributed by atoms with Crippen molar-refractivity contribution in [1.82, 2.24) is 0 Å². The maximum atomic E-state index is 10.4. The van der Waals surface area contributed by atoms with Gasteiger partial charge in [0.2, 0.25) is 0 Å². The van der Waals surface area contributed by atoms with Gasteiger partial charge < -0.3 is 9.84 Å². The molecule has 0 aliphatic rings. The molecule has 4 nitrogen and oxygen atoms in total. The number of hydrogen-bond acceptors (Lipinski definition) is 3. The van der Waals surface area contributed by atoms with Crippen molar-refractivity contribution in [3.05, 3.63) is 12.2 Å². The van der Waals surface area contributed by atoms with E-state index in [0.717, 1.165) is 0 Å². The number of carbonyl (C=O) groups excluding carboxylic acids is 1. The Labute approximate surface area is 64.5 Å². The highest BCUT2D eigenvalue weighted by Crippen LogP contribution is 1.90. The Morgan fingerprint density at radius 2 is 2.18 bits per heavy atom. The monoisotopic (exact) mass is 158 g/mol. The normalized spacial score (nSPS) is 9.91. The first-order valence-corrected chi connectivity index (χ1v) is 3.13. The van der Waals surface area contributed by atoms with Gasteiger partial charge in [0, 0.05) is 12.5 Å². The van der Waals surface area contributed by atoms with Crippen LogP contribution in [-0.2, 0) is 14.3 Å². The largest absolute Gasteiger partial charge is 0.481 e. The van der Waals surface area contributed by atoms with Gasteiger partial charge in [-0.3, -0.25) is 4.79 Å². The molecule has 1 N–H and O–H groups in total. The molecule has 0 aromatic rings. The second-order valence-electron chi connectivity index (χ2n) is 1.86. The molecule has 0 saturated carbocycles. The lowest BCUT2D eigenvalue weighted by Crippen LogP contribution is -1.95. The number of ether oxygens (including phenoxy) is 1. The minimum Gasteiger partial charge on any atom is -0.481 e. The van der Waals surface area contributed by atoms with Crippen LogP contribution in [-0.4, -0.2) is 24.2 Å². The van der Waals surface area contributed by atoms with Crippen molar-refractivity contribution in [1.29, 1.82) is 0 Å². The molecule has 0 amide bonds. The molecule has 0 atom stereocenters. The van der Waals surface area contributed by atoms with E-state index in [9.17, 15) is 9.59 Å². The number of allylic oxidation sites excluding steroid dienone is 1. The average Bonchev–Trinajstić information content (AvgIpc) is 1.97. The van der Waals surface area contributed by atoms with Crippen molar-refractivity contribution in [2.75, 3.05) is 7.11 Å². The smallest absolute Gasteiger partial charge is 0.330 e. The number of hydrogen-bond donors (Lipinski definition) is 1. The third kappa shape index (κ3) is 6.57. The fourth-order valence-electron chi connectivity index (χ4n) is 0.454. The zero-order valence-electron chi connectivity index (χ0n) is 6.24. The Balaban J connectivity index is 3.45. The zero-order chi connectivity index (χ0) is 8.69. The fourth-order valence-corrected chi connectivity index (χ4v) is 0.454. The van der Waals surface area contributed by atoms with Crippen LogP contribution < -0.4 is 0 Å². The van der Waals surface area contributed by atoms with E-state index in [0.29, 0.717) is 6.42 Å². The third-order valence-electron chi connectivity index (χ3n) is 0.980. The molecular formula is C7H10O4. The van der Waals surface area contributed by atoms with Crippen molar-refractivity contribution in [2.24, 2.45) is 0 Å². The second kappa shape index (κ2) is 5.46. The van der Waals surface area contributed by atoms with Crippen LogP contribution in [0.2, 0.25) is 0 Å². The molecule has 0 spiro atoms. The maximum Gasteiger partial charge on any atom is 0.330 e. The number of methoxy groups -OCH3 is 1. The Morgan fingerprint density at radius 3 is 2.64 bits per heavy atom. The molecule has 0 aliphatic carbocycles. The van der Waals surface area contributed by atoms with Crippen molar-refractivity contribution < 1.29 is 19.4 Å². The van der Waals surface area contributed by atoms with Gasteiger partial charge in [0.05, 0.1) is 7.11 Å². The summed E-state index contributed by atoms with van der Waals surface area (Å²) in [5.74, 6) is -1.34. The van der Waals surface area contributed by atoms with E-state index in [2.05, 4.69) is 4.74 Å². The Morgan fingerprint density at radius 1 is 1.55 bits per heavy atom. The van der Waals surface area contributed by atoms with Crippen LogP contribution in [0.1, 0.15) is 12.8 Å². The molecule has 0 fully saturated rings. The van der Waals surface area contributed by atoms with E-state index in [1.165, 1.54) is 19.3 Å². The van der Waals surface area contributed by atoms with Crippen molar-refractivity contribution >= 4 is 11.9 Å². The standard InChI is InChI=1S/C7H10O4/c1-11-7(10)5-3-2-4-6(8)9/h3,5H,2,4H2,1H3,(H,8,9)/b5-3+. The van der Waals surface area contributed by atoms with Gasteiger partial charge in [0.1, 0.15) is 0 Å². The first kappa shape index (κ1) is 9.68. The van der Waals surface area contributed by atoms with E-state index in [4.69, 9.17) is 5.11 Å². The Bertz CT molecular complexity index is 171. The summed E-state index contributed by atoms with van der Waals surface area (Å²) in [5, 5.41) is 8.19. The lowest BCUT2D eigenvalue weighted by atomic mass is 10.3. The highest BCUT2D eigenvalue weighted by atomic mass is 16.5. The topological polar surface area (TPSA) is 63.6 Å². The summed E-state index contributed by atoms with van der Waals surface area (Å²) in [5.41, 5.74) is 0. The van der Waals surface area contributed by atoms with E-state index in [-0.39, 0.29) is 6.42 Å². The highest BCUT2D eigenvalue weighted by Gasteiger charge is 1.93. The quantitative estimate of drug-likeness (QED) is 0.480. The molecule has 0 radical (unpaired) electrons. The van der Waals surface area contributed by atoms with E-state index >= 15 is 0 Å². The van der Waals surface area contributed by atoms with Gasteiger partial charge in [-0.1, -0.05) is 6.08 Å². The number of rotatable bonds is 4. The minimum atomic E-state index is -0.875. The summed E-state index contributed by atoms with van der Waals surface area (Å²) < 4.78 is 4.28. The molecule has 0 bridgehead atoms. The molecule has 0 unspecified atom stereocenters. The van der Waals surface area contributed by atoms with Gasteiger partial charge in [0.15, 0.2) is 0 Å². The molecule has 0 heterocycles. The molecule has 0 rings (SSSR count). The van der Waals surface area contributed by atoms with Crippen molar-refractivity contribution in [3.8, 4) is 0 Å². The predicted molar refractivity (Wildman–Crippen MR) is 38.0 cm³/mol. The summed E-state index contributed by atoms with van der Waals surface area (Å²) >= 11 is 0. The molecule has 0 aromatic heterocycles. The lowest BCUT2D eigenvalue weighted by molar-refractivity contribution is -0.137. The first-order chi connectivity index (χ1) is 5.16. The van der Waals surface area contributed by atoms with E-state index in [1.807, 2.05) is 0 Å². The molecule has 62 valence electrons. The number of aliphatic carboxylic acids is 1. The third-order valence-corrected chi connectivity index (χ3v) is 0.980. The number of esters is 1. The number of carboxylic acids is 1. The molecule has 11 heavy (non-hydrogen) atoms. The van der Waals surface area contributed by atoms with Crippen LogP contribution in [0.5, 0.6) is 0 Å². The summed E-state index contributed by atoms with van der Waals surface area (Å²) in [7, 11) is 1.27. The predicted octanol–water partition coefficient (Wildman–Crippen LogP) is 0.580. The molecular weight excluding hydrogens is 148 g/mol. The first-order valence-electron chi connectivity index (χ1n) is 3.13. The van der Waals surface area contributed by atoms with Crippen molar-refractivity contribution in [3.63, 3.8) is 0 Å². The van der Waals surface area contributed by atoms with Crippen LogP contribution in [0, 0.1) is 0 Å². The summed E-state index contributed by atoms with van der Waals surface area (Å²) in [6, 6.07) is 0. The molecule has 4 heteroatoms. The number of carbonyl (C=O) groups is 2. The fraction of sp³-hybridized carbons (Fsp3) is 0.429. The van der Waals surface area contributed by atoms with Gasteiger partial charge >= 0.3 is 11.9 Å².